The van der Waals surface area contributed by atoms with Gasteiger partial charge in [-0.3, -0.25) is 9.60 Å². The third-order valence-corrected chi connectivity index (χ3v) is 3.19. The molecule has 10 nitrogen and oxygen atoms in total. The lowest BCUT2D eigenvalue weighted by Gasteiger charge is -2.18. The van der Waals surface area contributed by atoms with Crippen LogP contribution in [0.1, 0.15) is 33.4 Å². The highest BCUT2D eigenvalue weighted by atomic mass is 32.2. The van der Waals surface area contributed by atoms with Crippen molar-refractivity contribution in [2.75, 3.05) is 18.2 Å². The van der Waals surface area contributed by atoms with E-state index in [2.05, 4.69) is 19.7 Å². The maximum Gasteiger partial charge on any atom is 0.413 e. The Bertz CT molecular complexity index is 763. The predicted molar refractivity (Wildman–Crippen MR) is 91.1 cm³/mol. The summed E-state index contributed by atoms with van der Waals surface area (Å²) in [5.41, 5.74) is -1.15. The van der Waals surface area contributed by atoms with Gasteiger partial charge in [-0.2, -0.15) is 8.42 Å². The van der Waals surface area contributed by atoms with Crippen molar-refractivity contribution in [3.8, 4) is 0 Å². The molecule has 0 spiro atoms. The second-order valence-corrected chi connectivity index (χ2v) is 8.02. The van der Waals surface area contributed by atoms with E-state index in [4.69, 9.17) is 9.47 Å². The highest BCUT2D eigenvalue weighted by Crippen LogP contribution is 2.18. The highest BCUT2D eigenvalue weighted by molar-refractivity contribution is 7.85. The first-order valence-corrected chi connectivity index (χ1v) is 9.70. The minimum absolute atomic E-state index is 0.0156. The van der Waals surface area contributed by atoms with Crippen molar-refractivity contribution < 1.29 is 31.8 Å². The van der Waals surface area contributed by atoms with Crippen LogP contribution in [0.3, 0.4) is 0 Å². The molecule has 0 saturated heterocycles. The second kappa shape index (κ2) is 8.25. The van der Waals surface area contributed by atoms with Crippen LogP contribution in [0.2, 0.25) is 0 Å². The Morgan fingerprint density at radius 1 is 1.36 bits per heavy atom. The van der Waals surface area contributed by atoms with Crippen molar-refractivity contribution in [1.29, 1.82) is 0 Å². The Morgan fingerprint density at radius 2 is 2.00 bits per heavy atom. The monoisotopic (exact) mass is 393 g/mol. The average molecular weight is 393 g/mol. The molecule has 140 valence electrons. The van der Waals surface area contributed by atoms with E-state index in [1.165, 1.54) is 5.38 Å². The zero-order valence-electron chi connectivity index (χ0n) is 14.4. The van der Waals surface area contributed by atoms with Crippen LogP contribution >= 0.6 is 11.3 Å². The standard InChI is InChI=1S/C13H19N3O7S2/c1-6-21-10(17)9(16-23-25(5,19)20)8-7-24-11(14-8)15-12(18)22-13(2,3)4/h7H,6H2,1-5H3,(H,14,15,18). The molecular weight excluding hydrogens is 374 g/mol. The summed E-state index contributed by atoms with van der Waals surface area (Å²) in [4.78, 5) is 27.6. The van der Waals surface area contributed by atoms with Crippen molar-refractivity contribution in [1.82, 2.24) is 4.98 Å². The van der Waals surface area contributed by atoms with Crippen LogP contribution in [0.4, 0.5) is 9.93 Å². The zero-order valence-corrected chi connectivity index (χ0v) is 16.0. The number of carbonyl (C=O) groups excluding carboxylic acids is 2. The summed E-state index contributed by atoms with van der Waals surface area (Å²) in [6.07, 6.45) is 0.0471. The molecule has 1 amide bonds. The number of nitrogens with zero attached hydrogens (tertiary/aromatic N) is 2. The summed E-state index contributed by atoms with van der Waals surface area (Å²) in [7, 11) is -3.92. The topological polar surface area (TPSA) is 133 Å². The maximum atomic E-state index is 11.9. The van der Waals surface area contributed by atoms with Gasteiger partial charge in [-0.05, 0) is 27.7 Å². The Labute approximate surface area is 149 Å². The molecule has 0 saturated carbocycles. The first-order valence-electron chi connectivity index (χ1n) is 7.01. The molecule has 25 heavy (non-hydrogen) atoms. The predicted octanol–water partition coefficient (Wildman–Crippen LogP) is 1.73. The molecule has 0 atom stereocenters. The molecule has 1 aromatic rings. The van der Waals surface area contributed by atoms with Gasteiger partial charge in [0.1, 0.15) is 11.3 Å². The summed E-state index contributed by atoms with van der Waals surface area (Å²) >= 11 is 0.984. The molecular formula is C13H19N3O7S2. The van der Waals surface area contributed by atoms with Gasteiger partial charge in [0.05, 0.1) is 12.9 Å². The fraction of sp³-hybridized carbons (Fsp3) is 0.538. The van der Waals surface area contributed by atoms with E-state index < -0.39 is 33.5 Å². The van der Waals surface area contributed by atoms with Crippen molar-refractivity contribution in [2.24, 2.45) is 5.16 Å². The molecule has 0 aliphatic carbocycles. The number of oxime groups is 1. The van der Waals surface area contributed by atoms with Gasteiger partial charge in [0.25, 0.3) is 0 Å². The van der Waals surface area contributed by atoms with Crippen molar-refractivity contribution in [3.05, 3.63) is 11.1 Å². The van der Waals surface area contributed by atoms with Crippen LogP contribution in [0, 0.1) is 0 Å². The highest BCUT2D eigenvalue weighted by Gasteiger charge is 2.22. The molecule has 0 unspecified atom stereocenters. The van der Waals surface area contributed by atoms with Gasteiger partial charge in [-0.15, -0.1) is 11.3 Å². The quantitative estimate of drug-likeness (QED) is 0.439. The third kappa shape index (κ3) is 7.94. The number of rotatable bonds is 6. The summed E-state index contributed by atoms with van der Waals surface area (Å²) in [6, 6.07) is 0. The van der Waals surface area contributed by atoms with E-state index >= 15 is 0 Å². The minimum atomic E-state index is -3.92. The Kier molecular flexibility index (Phi) is 6.87. The summed E-state index contributed by atoms with van der Waals surface area (Å²) < 4.78 is 36.3. The number of carbonyl (C=O) groups is 2. The largest absolute Gasteiger partial charge is 0.461 e. The van der Waals surface area contributed by atoms with Crippen molar-refractivity contribution in [2.45, 2.75) is 33.3 Å². The molecule has 1 heterocycles. The van der Waals surface area contributed by atoms with E-state index in [-0.39, 0.29) is 17.4 Å². The first kappa shape index (κ1) is 20.8. The number of thiazole rings is 1. The lowest BCUT2D eigenvalue weighted by Crippen LogP contribution is -2.27. The van der Waals surface area contributed by atoms with Crippen LogP contribution in [0.5, 0.6) is 0 Å². The van der Waals surface area contributed by atoms with Crippen LogP contribution in [0.25, 0.3) is 0 Å². The Hall–Kier alpha value is -2.21. The number of esters is 1. The lowest BCUT2D eigenvalue weighted by atomic mass is 10.2. The van der Waals surface area contributed by atoms with Gasteiger partial charge < -0.3 is 9.47 Å². The molecule has 0 bridgehead atoms. The smallest absolute Gasteiger partial charge is 0.413 e. The number of ether oxygens (including phenoxy) is 2. The Morgan fingerprint density at radius 3 is 2.52 bits per heavy atom. The Balaban J connectivity index is 2.99. The molecule has 12 heteroatoms. The number of nitrogens with one attached hydrogen (secondary N) is 1. The number of hydrogen-bond acceptors (Lipinski definition) is 10. The van der Waals surface area contributed by atoms with E-state index in [0.717, 1.165) is 17.6 Å². The van der Waals surface area contributed by atoms with Crippen LogP contribution < -0.4 is 5.32 Å². The van der Waals surface area contributed by atoms with Crippen LogP contribution in [0.15, 0.2) is 10.5 Å². The number of aromatic nitrogens is 1. The third-order valence-electron chi connectivity index (χ3n) is 2.09. The molecule has 1 rings (SSSR count). The van der Waals surface area contributed by atoms with Crippen LogP contribution in [-0.4, -0.2) is 49.6 Å². The second-order valence-electron chi connectivity index (χ2n) is 5.60. The fourth-order valence-corrected chi connectivity index (χ4v) is 2.21. The summed E-state index contributed by atoms with van der Waals surface area (Å²) in [5.74, 6) is -0.916. The van der Waals surface area contributed by atoms with E-state index in [1.807, 2.05) is 0 Å². The molecule has 1 N–H and O–H groups in total. The van der Waals surface area contributed by atoms with E-state index in [0.29, 0.717) is 0 Å². The van der Waals surface area contributed by atoms with Gasteiger partial charge >= 0.3 is 22.2 Å². The fourth-order valence-electron chi connectivity index (χ4n) is 1.32. The molecule has 0 aliphatic heterocycles. The lowest BCUT2D eigenvalue weighted by molar-refractivity contribution is -0.135. The molecule has 0 radical (unpaired) electrons. The molecule has 0 aromatic carbocycles. The number of hydrogen-bond donors (Lipinski definition) is 1. The average Bonchev–Trinajstić information content (AvgIpc) is 2.83. The van der Waals surface area contributed by atoms with Gasteiger partial charge in [-0.1, -0.05) is 5.16 Å². The summed E-state index contributed by atoms with van der Waals surface area (Å²) in [5, 5.41) is 7.20. The van der Waals surface area contributed by atoms with Crippen molar-refractivity contribution >= 4 is 44.4 Å². The van der Waals surface area contributed by atoms with E-state index in [9.17, 15) is 18.0 Å². The zero-order chi connectivity index (χ0) is 19.3. The van der Waals surface area contributed by atoms with E-state index in [1.54, 1.807) is 27.7 Å². The summed E-state index contributed by atoms with van der Waals surface area (Å²) in [6.45, 7) is 6.73. The SMILES string of the molecule is CCOC(=O)C(=NOS(C)(=O)=O)c1csc(NC(=O)OC(C)(C)C)n1. The van der Waals surface area contributed by atoms with Gasteiger partial charge in [0.15, 0.2) is 5.13 Å². The molecule has 1 aromatic heterocycles. The first-order chi connectivity index (χ1) is 11.4. The van der Waals surface area contributed by atoms with Gasteiger partial charge in [0, 0.05) is 5.38 Å². The number of amides is 1. The number of anilines is 1. The van der Waals surface area contributed by atoms with Crippen LogP contribution in [-0.2, 0) is 28.7 Å². The normalized spacial score (nSPS) is 12.4. The van der Waals surface area contributed by atoms with Gasteiger partial charge in [0.2, 0.25) is 5.71 Å². The maximum absolute atomic E-state index is 11.9. The molecule has 0 fully saturated rings. The molecule has 0 aliphatic rings. The van der Waals surface area contributed by atoms with Crippen molar-refractivity contribution in [3.63, 3.8) is 0 Å². The van der Waals surface area contributed by atoms with Gasteiger partial charge in [-0.25, -0.2) is 14.6 Å². The minimum Gasteiger partial charge on any atom is -0.461 e.